The van der Waals surface area contributed by atoms with E-state index in [1.165, 1.54) is 27.2 Å². The van der Waals surface area contributed by atoms with Crippen LogP contribution in [-0.2, 0) is 0 Å². The van der Waals surface area contributed by atoms with Crippen LogP contribution in [0, 0.1) is 5.82 Å². The number of carbonyl (C=O) groups excluding carboxylic acids is 1. The Kier molecular flexibility index (Phi) is 3.68. The molecule has 3 nitrogen and oxygen atoms in total. The van der Waals surface area contributed by atoms with Crippen LogP contribution in [0.2, 0.25) is 0 Å². The van der Waals surface area contributed by atoms with Gasteiger partial charge < -0.3 is 9.47 Å². The predicted octanol–water partition coefficient (Wildman–Crippen LogP) is 2.81. The van der Waals surface area contributed by atoms with Gasteiger partial charge in [-0.2, -0.15) is 0 Å². The van der Waals surface area contributed by atoms with E-state index >= 15 is 0 Å². The third-order valence-corrected chi connectivity index (χ3v) is 2.50. The lowest BCUT2D eigenvalue weighted by Crippen LogP contribution is -2.02. The minimum Gasteiger partial charge on any atom is -0.492 e. The molecule has 0 saturated heterocycles. The summed E-state index contributed by atoms with van der Waals surface area (Å²) in [7, 11) is 2.68. The summed E-state index contributed by atoms with van der Waals surface area (Å²) in [6, 6.07) is 1.37. The second-order valence-electron chi connectivity index (χ2n) is 2.84. The van der Waals surface area contributed by atoms with Crippen LogP contribution in [0.3, 0.4) is 0 Å². The first-order valence-corrected chi connectivity index (χ1v) is 4.93. The number of ketones is 1. The average Bonchev–Trinajstić information content (AvgIpc) is 2.20. The standard InChI is InChI=1S/C10H10BrFO3/c1-5(13)6-4-7(11)8(12)10(15-3)9(6)14-2/h4H,1-3H3. The largest absolute Gasteiger partial charge is 0.492 e. The summed E-state index contributed by atoms with van der Waals surface area (Å²) < 4.78 is 23.5. The second kappa shape index (κ2) is 4.61. The van der Waals surface area contributed by atoms with Crippen LogP contribution in [0.4, 0.5) is 4.39 Å². The molecule has 0 bridgehead atoms. The van der Waals surface area contributed by atoms with E-state index in [-0.39, 0.29) is 27.3 Å². The highest BCUT2D eigenvalue weighted by Gasteiger charge is 2.20. The fraction of sp³-hybridized carbons (Fsp3) is 0.300. The number of carbonyl (C=O) groups is 1. The smallest absolute Gasteiger partial charge is 0.198 e. The van der Waals surface area contributed by atoms with Gasteiger partial charge >= 0.3 is 0 Å². The van der Waals surface area contributed by atoms with Gasteiger partial charge in [-0.25, -0.2) is 4.39 Å². The number of methoxy groups -OCH3 is 2. The minimum absolute atomic E-state index is 0.0722. The van der Waals surface area contributed by atoms with Crippen LogP contribution in [0.25, 0.3) is 0 Å². The van der Waals surface area contributed by atoms with E-state index in [0.29, 0.717) is 0 Å². The van der Waals surface area contributed by atoms with Crippen LogP contribution in [0.15, 0.2) is 10.5 Å². The quantitative estimate of drug-likeness (QED) is 0.797. The van der Waals surface area contributed by atoms with Gasteiger partial charge in [0.05, 0.1) is 24.3 Å². The third-order valence-electron chi connectivity index (χ3n) is 1.92. The lowest BCUT2D eigenvalue weighted by molar-refractivity contribution is 0.101. The highest BCUT2D eigenvalue weighted by molar-refractivity contribution is 9.10. The first-order valence-electron chi connectivity index (χ1n) is 4.13. The minimum atomic E-state index is -0.584. The predicted molar refractivity (Wildman–Crippen MR) is 57.2 cm³/mol. The van der Waals surface area contributed by atoms with Gasteiger partial charge in [0.1, 0.15) is 0 Å². The highest BCUT2D eigenvalue weighted by Crippen LogP contribution is 2.38. The third kappa shape index (κ3) is 2.12. The number of benzene rings is 1. The fourth-order valence-electron chi connectivity index (χ4n) is 1.23. The summed E-state index contributed by atoms with van der Waals surface area (Å²) in [5.74, 6) is -0.757. The molecule has 1 aromatic carbocycles. The number of halogens is 2. The molecule has 0 aliphatic rings. The van der Waals surface area contributed by atoms with E-state index in [9.17, 15) is 9.18 Å². The Morgan fingerprint density at radius 1 is 1.33 bits per heavy atom. The van der Waals surface area contributed by atoms with Gasteiger partial charge in [0.15, 0.2) is 23.1 Å². The molecule has 0 atom stereocenters. The van der Waals surface area contributed by atoms with Crippen molar-refractivity contribution in [2.45, 2.75) is 6.92 Å². The molecule has 0 radical (unpaired) electrons. The van der Waals surface area contributed by atoms with Crippen molar-refractivity contribution in [2.75, 3.05) is 14.2 Å². The first-order chi connectivity index (χ1) is 7.02. The van der Waals surface area contributed by atoms with Crippen molar-refractivity contribution in [3.05, 3.63) is 21.9 Å². The average molecular weight is 277 g/mol. The number of ether oxygens (including phenoxy) is 2. The molecule has 0 heterocycles. The normalized spacial score (nSPS) is 9.93. The summed E-state index contributed by atoms with van der Waals surface area (Å²) in [6.45, 7) is 1.38. The van der Waals surface area contributed by atoms with E-state index in [1.807, 2.05) is 0 Å². The summed E-state index contributed by atoms with van der Waals surface area (Å²) in [5.41, 5.74) is 0.280. The highest BCUT2D eigenvalue weighted by atomic mass is 79.9. The molecule has 0 amide bonds. The van der Waals surface area contributed by atoms with Crippen molar-refractivity contribution >= 4 is 21.7 Å². The lowest BCUT2D eigenvalue weighted by Gasteiger charge is -2.12. The zero-order chi connectivity index (χ0) is 11.6. The second-order valence-corrected chi connectivity index (χ2v) is 3.70. The Morgan fingerprint density at radius 2 is 1.87 bits per heavy atom. The van der Waals surface area contributed by atoms with E-state index in [2.05, 4.69) is 15.9 Å². The molecule has 0 fully saturated rings. The van der Waals surface area contributed by atoms with Gasteiger partial charge in [0.25, 0.3) is 0 Å². The van der Waals surface area contributed by atoms with Crippen molar-refractivity contribution in [3.63, 3.8) is 0 Å². The molecule has 0 N–H and O–H groups in total. The molecular weight excluding hydrogens is 267 g/mol. The SMILES string of the molecule is COc1c(C(C)=O)cc(Br)c(F)c1OC. The fourth-order valence-corrected chi connectivity index (χ4v) is 1.64. The number of hydrogen-bond donors (Lipinski definition) is 0. The van der Waals surface area contributed by atoms with Crippen LogP contribution in [-0.4, -0.2) is 20.0 Å². The molecule has 5 heteroatoms. The van der Waals surface area contributed by atoms with Crippen LogP contribution >= 0.6 is 15.9 Å². The van der Waals surface area contributed by atoms with Gasteiger partial charge in [-0.1, -0.05) is 0 Å². The summed E-state index contributed by atoms with van der Waals surface area (Å²) in [4.78, 5) is 11.3. The molecule has 0 saturated carbocycles. The first kappa shape index (κ1) is 12.0. The summed E-state index contributed by atoms with van der Waals surface area (Å²) >= 11 is 3.01. The van der Waals surface area contributed by atoms with Crippen LogP contribution in [0.5, 0.6) is 11.5 Å². The summed E-state index contributed by atoms with van der Waals surface area (Å²) in [6.07, 6.45) is 0. The van der Waals surface area contributed by atoms with Crippen LogP contribution in [0.1, 0.15) is 17.3 Å². The Balaban J connectivity index is 3.54. The maximum atomic E-state index is 13.5. The van der Waals surface area contributed by atoms with E-state index < -0.39 is 5.82 Å². The monoisotopic (exact) mass is 276 g/mol. The molecule has 0 aliphatic heterocycles. The summed E-state index contributed by atoms with van der Waals surface area (Å²) in [5, 5.41) is 0. The van der Waals surface area contributed by atoms with Crippen molar-refractivity contribution in [3.8, 4) is 11.5 Å². The molecule has 15 heavy (non-hydrogen) atoms. The van der Waals surface area contributed by atoms with Gasteiger partial charge in [0.2, 0.25) is 0 Å². The van der Waals surface area contributed by atoms with Crippen molar-refractivity contribution in [2.24, 2.45) is 0 Å². The number of hydrogen-bond acceptors (Lipinski definition) is 3. The zero-order valence-electron chi connectivity index (χ0n) is 8.56. The van der Waals surface area contributed by atoms with E-state index in [4.69, 9.17) is 9.47 Å². The maximum Gasteiger partial charge on any atom is 0.198 e. The molecule has 0 spiro atoms. The molecular formula is C10H10BrFO3. The Morgan fingerprint density at radius 3 is 2.27 bits per heavy atom. The van der Waals surface area contributed by atoms with Gasteiger partial charge in [-0.05, 0) is 28.9 Å². The van der Waals surface area contributed by atoms with E-state index in [0.717, 1.165) is 0 Å². The van der Waals surface area contributed by atoms with Crippen molar-refractivity contribution in [1.82, 2.24) is 0 Å². The van der Waals surface area contributed by atoms with Gasteiger partial charge in [-0.15, -0.1) is 0 Å². The number of rotatable bonds is 3. The Hall–Kier alpha value is -1.10. The van der Waals surface area contributed by atoms with E-state index in [1.54, 1.807) is 0 Å². The number of Topliss-reactive ketones (excluding diaryl/α,β-unsaturated/α-hetero) is 1. The van der Waals surface area contributed by atoms with Crippen LogP contribution < -0.4 is 9.47 Å². The Labute approximate surface area is 95.3 Å². The Bertz CT molecular complexity index is 404. The van der Waals surface area contributed by atoms with Gasteiger partial charge in [-0.3, -0.25) is 4.79 Å². The zero-order valence-corrected chi connectivity index (χ0v) is 10.1. The molecule has 0 unspecified atom stereocenters. The molecule has 1 aromatic rings. The van der Waals surface area contributed by atoms with Gasteiger partial charge in [0, 0.05) is 0 Å². The lowest BCUT2D eigenvalue weighted by atomic mass is 10.1. The topological polar surface area (TPSA) is 35.5 Å². The molecule has 0 aliphatic carbocycles. The molecule has 82 valence electrons. The van der Waals surface area contributed by atoms with Crippen molar-refractivity contribution < 1.29 is 18.7 Å². The molecule has 0 aromatic heterocycles. The van der Waals surface area contributed by atoms with Crippen molar-refractivity contribution in [1.29, 1.82) is 0 Å². The molecule has 1 rings (SSSR count). The maximum absolute atomic E-state index is 13.5.